The lowest BCUT2D eigenvalue weighted by molar-refractivity contribution is -0.453. The summed E-state index contributed by atoms with van der Waals surface area (Å²) in [7, 11) is -1.57. The summed E-state index contributed by atoms with van der Waals surface area (Å²) in [6, 6.07) is 0. The molecule has 0 saturated carbocycles. The van der Waals surface area contributed by atoms with Crippen LogP contribution in [0.2, 0.25) is 0 Å². The Morgan fingerprint density at radius 3 is 1.18 bits per heavy atom. The zero-order valence-electron chi connectivity index (χ0n) is 17.3. The minimum atomic E-state index is -8.35. The molecular formula is C14H17F15O4Si. The van der Waals surface area contributed by atoms with E-state index in [-0.39, 0.29) is 0 Å². The Hall–Kier alpha value is -0.993. The monoisotopic (exact) mass is 562 g/mol. The van der Waals surface area contributed by atoms with Gasteiger partial charge in [0.15, 0.2) is 0 Å². The Bertz CT molecular complexity index is 670. The van der Waals surface area contributed by atoms with Gasteiger partial charge < -0.3 is 18.0 Å². The molecule has 0 fully saturated rings. The first-order valence-electron chi connectivity index (χ1n) is 8.45. The lowest BCUT2D eigenvalue weighted by Gasteiger charge is -2.41. The Kier molecular flexibility index (Phi) is 9.52. The van der Waals surface area contributed by atoms with Crippen molar-refractivity contribution in [1.82, 2.24) is 0 Å². The molecule has 0 N–H and O–H groups in total. The molecule has 0 rings (SSSR count). The molecule has 0 bridgehead atoms. The van der Waals surface area contributed by atoms with Gasteiger partial charge in [-0.2, -0.15) is 65.9 Å². The molecule has 0 amide bonds. The molecule has 0 aromatic carbocycles. The number of halogens is 15. The number of ether oxygens (including phenoxy) is 1. The highest BCUT2D eigenvalue weighted by molar-refractivity contribution is 6.62. The number of hydrogen-bond donors (Lipinski definition) is 0. The van der Waals surface area contributed by atoms with E-state index in [1.165, 1.54) is 0 Å². The second-order valence-corrected chi connectivity index (χ2v) is 9.57. The van der Waals surface area contributed by atoms with Crippen molar-refractivity contribution in [2.75, 3.05) is 27.9 Å². The highest BCUT2D eigenvalue weighted by atomic mass is 28.4. The third kappa shape index (κ3) is 4.83. The van der Waals surface area contributed by atoms with Crippen molar-refractivity contribution >= 4 is 8.80 Å². The van der Waals surface area contributed by atoms with Gasteiger partial charge in [0.05, 0.1) is 0 Å². The fourth-order valence-electron chi connectivity index (χ4n) is 2.41. The third-order valence-electron chi connectivity index (χ3n) is 4.48. The summed E-state index contributed by atoms with van der Waals surface area (Å²) in [5.41, 5.74) is -1.86. The molecular weight excluding hydrogens is 545 g/mol. The maximum Gasteiger partial charge on any atom is 0.530 e. The predicted octanol–water partition coefficient (Wildman–Crippen LogP) is 5.57. The van der Waals surface area contributed by atoms with E-state index in [4.69, 9.17) is 13.3 Å². The lowest BCUT2D eigenvalue weighted by Crippen LogP contribution is -2.73. The normalized spacial score (nSPS) is 16.7. The van der Waals surface area contributed by atoms with Crippen LogP contribution in [0.4, 0.5) is 65.9 Å². The van der Waals surface area contributed by atoms with Crippen molar-refractivity contribution < 1.29 is 83.9 Å². The van der Waals surface area contributed by atoms with Gasteiger partial charge in [0.2, 0.25) is 0 Å². The molecule has 0 radical (unpaired) electrons. The third-order valence-corrected chi connectivity index (χ3v) is 7.55. The summed E-state index contributed by atoms with van der Waals surface area (Å²) in [6.45, 7) is -1.83. The van der Waals surface area contributed by atoms with Crippen LogP contribution >= 0.6 is 0 Å². The van der Waals surface area contributed by atoms with Gasteiger partial charge in [-0.05, 0) is 6.42 Å². The van der Waals surface area contributed by atoms with Crippen LogP contribution in [0.25, 0.3) is 0 Å². The average molecular weight is 562 g/mol. The molecule has 0 aromatic heterocycles. The molecule has 0 aliphatic carbocycles. The summed E-state index contributed by atoms with van der Waals surface area (Å²) < 4.78 is 216. The number of rotatable bonds is 13. The van der Waals surface area contributed by atoms with Crippen molar-refractivity contribution in [2.24, 2.45) is 0 Å². The minimum Gasteiger partial charge on any atom is -0.375 e. The van der Waals surface area contributed by atoms with E-state index < -0.39 is 69.3 Å². The summed E-state index contributed by atoms with van der Waals surface area (Å²) >= 11 is 0. The molecule has 0 heterocycles. The average Bonchev–Trinajstić information content (AvgIpc) is 2.69. The van der Waals surface area contributed by atoms with Crippen LogP contribution in [-0.4, -0.2) is 84.2 Å². The van der Waals surface area contributed by atoms with Crippen LogP contribution in [0.1, 0.15) is 13.3 Å². The van der Waals surface area contributed by atoms with E-state index in [2.05, 4.69) is 4.74 Å². The lowest BCUT2D eigenvalue weighted by atomic mass is 9.91. The van der Waals surface area contributed by atoms with Crippen LogP contribution in [0.3, 0.4) is 0 Å². The summed E-state index contributed by atoms with van der Waals surface area (Å²) in [6.07, 6.45) is -8.13. The first kappa shape index (κ1) is 33.0. The predicted molar refractivity (Wildman–Crippen MR) is 82.5 cm³/mol. The molecule has 0 aromatic rings. The van der Waals surface area contributed by atoms with Crippen LogP contribution < -0.4 is 0 Å². The summed E-state index contributed by atoms with van der Waals surface area (Å²) in [4.78, 5) is 0. The van der Waals surface area contributed by atoms with Crippen LogP contribution in [-0.2, 0) is 18.0 Å². The Morgan fingerprint density at radius 2 is 0.882 bits per heavy atom. The Labute approximate surface area is 182 Å². The molecule has 0 aliphatic heterocycles. The molecule has 1 atom stereocenters. The highest BCUT2D eigenvalue weighted by Crippen LogP contribution is 2.62. The SMILES string of the molecule is CCC(OCC(F)(F)C(F)(F)C(F)(F)C(F)(F)C(F)(F)C(F)(F)C(F)(F)F)[Si](OC)(OC)OC. The second-order valence-electron chi connectivity index (χ2n) is 6.50. The number of hydrogen-bond acceptors (Lipinski definition) is 4. The number of alkyl halides is 15. The fourth-order valence-corrected chi connectivity index (χ4v) is 4.49. The second kappa shape index (κ2) is 9.81. The fraction of sp³-hybridized carbons (Fsp3) is 1.00. The standard InChI is InChI=1S/C14H17F15O4Si/c1-5-7(34(30-2,31-3)32-4)33-6-8(15,16)9(17,18)10(19,20)11(21,22)12(23,24)13(25,26)14(27,28)29/h7H,5-6H2,1-4H3. The molecule has 20 heteroatoms. The van der Waals surface area contributed by atoms with Gasteiger partial charge in [0.25, 0.3) is 0 Å². The minimum absolute atomic E-state index is 0.480. The van der Waals surface area contributed by atoms with E-state index in [1.807, 2.05) is 0 Å². The molecule has 34 heavy (non-hydrogen) atoms. The zero-order chi connectivity index (χ0) is 27.8. The van der Waals surface area contributed by atoms with E-state index in [1.54, 1.807) is 0 Å². The van der Waals surface area contributed by atoms with E-state index >= 15 is 0 Å². The summed E-state index contributed by atoms with van der Waals surface area (Å²) in [5.74, 6) is -47.0. The molecule has 4 nitrogen and oxygen atoms in total. The Balaban J connectivity index is 6.32. The highest BCUT2D eigenvalue weighted by Gasteiger charge is 2.93. The van der Waals surface area contributed by atoms with Crippen molar-refractivity contribution in [3.8, 4) is 0 Å². The Morgan fingerprint density at radius 1 is 0.559 bits per heavy atom. The van der Waals surface area contributed by atoms with E-state index in [0.717, 1.165) is 28.3 Å². The van der Waals surface area contributed by atoms with E-state index in [0.29, 0.717) is 0 Å². The molecule has 206 valence electrons. The van der Waals surface area contributed by atoms with Crippen molar-refractivity contribution in [3.63, 3.8) is 0 Å². The van der Waals surface area contributed by atoms with Gasteiger partial charge in [-0.1, -0.05) is 6.92 Å². The van der Waals surface area contributed by atoms with Gasteiger partial charge in [-0.3, -0.25) is 0 Å². The van der Waals surface area contributed by atoms with Gasteiger partial charge in [-0.25, -0.2) is 0 Å². The van der Waals surface area contributed by atoms with Gasteiger partial charge in [-0.15, -0.1) is 0 Å². The van der Waals surface area contributed by atoms with Gasteiger partial charge >= 0.3 is 50.5 Å². The van der Waals surface area contributed by atoms with Crippen LogP contribution in [0.5, 0.6) is 0 Å². The first-order chi connectivity index (χ1) is 14.8. The smallest absolute Gasteiger partial charge is 0.375 e. The van der Waals surface area contributed by atoms with Crippen LogP contribution in [0.15, 0.2) is 0 Å². The molecule has 1 unspecified atom stereocenters. The topological polar surface area (TPSA) is 36.9 Å². The van der Waals surface area contributed by atoms with Crippen molar-refractivity contribution in [2.45, 2.75) is 60.8 Å². The van der Waals surface area contributed by atoms with Gasteiger partial charge in [0, 0.05) is 21.3 Å². The first-order valence-corrected chi connectivity index (χ1v) is 10.3. The van der Waals surface area contributed by atoms with Crippen molar-refractivity contribution in [3.05, 3.63) is 0 Å². The van der Waals surface area contributed by atoms with Crippen LogP contribution in [0, 0.1) is 0 Å². The summed E-state index contributed by atoms with van der Waals surface area (Å²) in [5, 5.41) is 0. The maximum atomic E-state index is 13.9. The van der Waals surface area contributed by atoms with Crippen molar-refractivity contribution in [1.29, 1.82) is 0 Å². The maximum absolute atomic E-state index is 13.9. The van der Waals surface area contributed by atoms with E-state index in [9.17, 15) is 65.9 Å². The zero-order valence-corrected chi connectivity index (χ0v) is 18.3. The molecule has 0 aliphatic rings. The molecule has 0 spiro atoms. The quantitative estimate of drug-likeness (QED) is 0.217. The largest absolute Gasteiger partial charge is 0.530 e. The van der Waals surface area contributed by atoms with Gasteiger partial charge in [0.1, 0.15) is 12.3 Å². The molecule has 0 saturated heterocycles.